The Balaban J connectivity index is 1.55. The molecular weight excluding hydrogens is 348 g/mol. The van der Waals surface area contributed by atoms with Gasteiger partial charge >= 0.3 is 0 Å². The van der Waals surface area contributed by atoms with Gasteiger partial charge in [-0.1, -0.05) is 24.3 Å². The quantitative estimate of drug-likeness (QED) is 0.413. The molecule has 2 aromatic carbocycles. The second kappa shape index (κ2) is 8.73. The Morgan fingerprint density at radius 3 is 2.38 bits per heavy atom. The summed E-state index contributed by atoms with van der Waals surface area (Å²) in [5.41, 5.74) is 3.39. The highest BCUT2D eigenvalue weighted by atomic mass is 32.1. The van der Waals surface area contributed by atoms with Gasteiger partial charge in [0, 0.05) is 42.8 Å². The minimum absolute atomic E-state index is 0.0627. The van der Waals surface area contributed by atoms with Crippen molar-refractivity contribution in [3.63, 3.8) is 0 Å². The normalized spacial score (nSPS) is 14.2. The van der Waals surface area contributed by atoms with E-state index >= 15 is 0 Å². The van der Waals surface area contributed by atoms with Gasteiger partial charge in [-0.25, -0.2) is 0 Å². The second-order valence-corrected chi connectivity index (χ2v) is 6.92. The molecule has 136 valence electrons. The fourth-order valence-electron chi connectivity index (χ4n) is 3.24. The van der Waals surface area contributed by atoms with Crippen LogP contribution in [-0.2, 0) is 13.1 Å². The lowest BCUT2D eigenvalue weighted by atomic mass is 10.1. The van der Waals surface area contributed by atoms with E-state index in [1.165, 1.54) is 49.2 Å². The fraction of sp³-hybridized carbons (Fsp3) is 0.316. The first kappa shape index (κ1) is 18.3. The van der Waals surface area contributed by atoms with Crippen molar-refractivity contribution in [3.8, 4) is 0 Å². The first-order chi connectivity index (χ1) is 12.6. The van der Waals surface area contributed by atoms with Crippen LogP contribution < -0.4 is 15.5 Å². The molecule has 2 aromatic rings. The van der Waals surface area contributed by atoms with Crippen LogP contribution in [0.25, 0.3) is 0 Å². The summed E-state index contributed by atoms with van der Waals surface area (Å²) < 4.78 is 0. The maximum Gasteiger partial charge on any atom is 0.269 e. The Morgan fingerprint density at radius 2 is 1.73 bits per heavy atom. The number of nitro benzene ring substituents is 1. The Labute approximate surface area is 158 Å². The minimum atomic E-state index is -0.417. The highest BCUT2D eigenvalue weighted by Crippen LogP contribution is 2.15. The molecule has 0 spiro atoms. The second-order valence-electron chi connectivity index (χ2n) is 6.51. The molecule has 0 saturated carbocycles. The molecule has 1 fully saturated rings. The van der Waals surface area contributed by atoms with Gasteiger partial charge in [-0.2, -0.15) is 0 Å². The summed E-state index contributed by atoms with van der Waals surface area (Å²) in [4.78, 5) is 11.9. The van der Waals surface area contributed by atoms with Crippen molar-refractivity contribution in [2.45, 2.75) is 25.9 Å². The summed E-state index contributed by atoms with van der Waals surface area (Å²) in [5, 5.41) is 17.5. The Hall–Kier alpha value is -2.51. The molecule has 6 nitrogen and oxygen atoms in total. The number of nitro groups is 1. The van der Waals surface area contributed by atoms with Gasteiger partial charge < -0.3 is 15.5 Å². The van der Waals surface area contributed by atoms with Crippen molar-refractivity contribution < 1.29 is 9.82 Å². The maximum atomic E-state index is 10.7. The van der Waals surface area contributed by atoms with E-state index in [0.29, 0.717) is 11.7 Å². The molecule has 0 aromatic heterocycles. The van der Waals surface area contributed by atoms with Gasteiger partial charge in [0.25, 0.3) is 5.69 Å². The van der Waals surface area contributed by atoms with E-state index in [1.807, 2.05) is 6.07 Å². The van der Waals surface area contributed by atoms with Crippen LogP contribution in [0.5, 0.6) is 0 Å². The molecule has 0 radical (unpaired) electrons. The Kier molecular flexibility index (Phi) is 6.14. The molecule has 26 heavy (non-hydrogen) atoms. The number of anilines is 1. The monoisotopic (exact) mass is 371 g/mol. The maximum absolute atomic E-state index is 10.7. The molecule has 0 atom stereocenters. The number of nitrogens with zero attached hydrogens (tertiary/aromatic N) is 1. The number of likely N-dealkylation sites (tertiary alicyclic amines) is 1. The molecule has 1 heterocycles. The van der Waals surface area contributed by atoms with Crippen LogP contribution in [0.2, 0.25) is 0 Å². The Bertz CT molecular complexity index is 773. The van der Waals surface area contributed by atoms with Gasteiger partial charge in [0.05, 0.1) is 18.0 Å². The first-order valence-electron chi connectivity index (χ1n) is 8.81. The van der Waals surface area contributed by atoms with Crippen molar-refractivity contribution >= 4 is 28.7 Å². The van der Waals surface area contributed by atoms with E-state index in [0.717, 1.165) is 12.2 Å². The zero-order valence-corrected chi connectivity index (χ0v) is 15.3. The largest absolute Gasteiger partial charge is 0.358 e. The van der Waals surface area contributed by atoms with Gasteiger partial charge in [0.15, 0.2) is 5.11 Å². The number of non-ortho nitro benzene ring substituents is 1. The fourth-order valence-corrected chi connectivity index (χ4v) is 3.43. The molecule has 3 N–H and O–H groups in total. The van der Waals surface area contributed by atoms with Crippen molar-refractivity contribution in [2.24, 2.45) is 0 Å². The molecule has 1 saturated heterocycles. The third-order valence-corrected chi connectivity index (χ3v) is 4.89. The van der Waals surface area contributed by atoms with E-state index in [9.17, 15) is 10.1 Å². The molecule has 0 aliphatic carbocycles. The lowest BCUT2D eigenvalue weighted by Crippen LogP contribution is -3.08. The van der Waals surface area contributed by atoms with Crippen molar-refractivity contribution in [3.05, 3.63) is 69.8 Å². The van der Waals surface area contributed by atoms with E-state index in [-0.39, 0.29) is 5.69 Å². The van der Waals surface area contributed by atoms with Crippen LogP contribution in [0, 0.1) is 10.1 Å². The van der Waals surface area contributed by atoms with Crippen molar-refractivity contribution in [1.82, 2.24) is 5.32 Å². The lowest BCUT2D eigenvalue weighted by molar-refractivity contribution is -0.901. The molecule has 1 aliphatic heterocycles. The number of hydrogen-bond acceptors (Lipinski definition) is 3. The molecule has 1 aliphatic rings. The standard InChI is InChI=1S/C19H22N4O2S/c24-23(25)18-9-7-17(8-10-18)21-19(26)20-13-15-5-1-2-6-16(15)14-22-11-3-4-12-22/h1-2,5-10H,3-4,11-14H2,(H2,20,21,26)/p+1. The van der Waals surface area contributed by atoms with Crippen molar-refractivity contribution in [1.29, 1.82) is 0 Å². The summed E-state index contributed by atoms with van der Waals surface area (Å²) in [6, 6.07) is 14.7. The average Bonchev–Trinajstić information content (AvgIpc) is 3.14. The predicted molar refractivity (Wildman–Crippen MR) is 106 cm³/mol. The number of thiocarbonyl (C=S) groups is 1. The van der Waals surface area contributed by atoms with Gasteiger partial charge in [0.2, 0.25) is 0 Å². The topological polar surface area (TPSA) is 71.6 Å². The molecular formula is C19H23N4O2S+. The number of benzene rings is 2. The third kappa shape index (κ3) is 5.00. The smallest absolute Gasteiger partial charge is 0.269 e. The van der Waals surface area contributed by atoms with Gasteiger partial charge in [-0.15, -0.1) is 0 Å². The van der Waals surface area contributed by atoms with Crippen LogP contribution in [-0.4, -0.2) is 23.1 Å². The number of rotatable bonds is 6. The zero-order valence-electron chi connectivity index (χ0n) is 14.5. The van der Waals surface area contributed by atoms with Crippen LogP contribution in [0.15, 0.2) is 48.5 Å². The van der Waals surface area contributed by atoms with Crippen LogP contribution >= 0.6 is 12.2 Å². The van der Waals surface area contributed by atoms with E-state index < -0.39 is 4.92 Å². The SMILES string of the molecule is O=[N+]([O-])c1ccc(NC(=S)NCc2ccccc2C[NH+]2CCCC2)cc1. The summed E-state index contributed by atoms with van der Waals surface area (Å²) >= 11 is 5.35. The van der Waals surface area contributed by atoms with Gasteiger partial charge in [-0.3, -0.25) is 10.1 Å². The highest BCUT2D eigenvalue weighted by Gasteiger charge is 2.17. The lowest BCUT2D eigenvalue weighted by Gasteiger charge is -2.16. The van der Waals surface area contributed by atoms with Gasteiger partial charge in [-0.05, 0) is 29.9 Å². The van der Waals surface area contributed by atoms with Gasteiger partial charge in [0.1, 0.15) is 6.54 Å². The third-order valence-electron chi connectivity index (χ3n) is 4.64. The Morgan fingerprint density at radius 1 is 1.08 bits per heavy atom. The minimum Gasteiger partial charge on any atom is -0.358 e. The van der Waals surface area contributed by atoms with E-state index in [2.05, 4.69) is 28.8 Å². The summed E-state index contributed by atoms with van der Waals surface area (Å²) in [6.45, 7) is 4.21. The molecule has 0 amide bonds. The van der Waals surface area contributed by atoms with Crippen LogP contribution in [0.3, 0.4) is 0 Å². The molecule has 3 rings (SSSR count). The predicted octanol–water partition coefficient (Wildman–Crippen LogP) is 2.26. The van der Waals surface area contributed by atoms with E-state index in [1.54, 1.807) is 17.0 Å². The molecule has 0 unspecified atom stereocenters. The number of nitrogens with one attached hydrogen (secondary N) is 3. The highest BCUT2D eigenvalue weighted by molar-refractivity contribution is 7.80. The summed E-state index contributed by atoms with van der Waals surface area (Å²) in [7, 11) is 0. The van der Waals surface area contributed by atoms with Crippen LogP contribution in [0.1, 0.15) is 24.0 Å². The van der Waals surface area contributed by atoms with Crippen molar-refractivity contribution in [2.75, 3.05) is 18.4 Å². The first-order valence-corrected chi connectivity index (χ1v) is 9.22. The average molecular weight is 371 g/mol. The summed E-state index contributed by atoms with van der Waals surface area (Å²) in [5.74, 6) is 0. The molecule has 0 bridgehead atoms. The zero-order chi connectivity index (χ0) is 18.4. The summed E-state index contributed by atoms with van der Waals surface area (Å²) in [6.07, 6.45) is 2.64. The van der Waals surface area contributed by atoms with E-state index in [4.69, 9.17) is 12.2 Å². The number of quaternary nitrogens is 1. The molecule has 7 heteroatoms. The number of hydrogen-bond donors (Lipinski definition) is 3. The van der Waals surface area contributed by atoms with Crippen LogP contribution in [0.4, 0.5) is 11.4 Å².